The normalized spacial score (nSPS) is 11.5. The maximum atomic E-state index is 11.8. The van der Waals surface area contributed by atoms with Crippen LogP contribution in [0.5, 0.6) is 0 Å². The molecule has 0 aromatic carbocycles. The Morgan fingerprint density at radius 2 is 2.12 bits per heavy atom. The lowest BCUT2D eigenvalue weighted by atomic mass is 9.94. The number of amides is 1. The average Bonchev–Trinajstić information content (AvgIpc) is 2.72. The van der Waals surface area contributed by atoms with Crippen molar-refractivity contribution in [2.24, 2.45) is 5.73 Å². The van der Waals surface area contributed by atoms with E-state index in [-0.39, 0.29) is 11.4 Å². The van der Waals surface area contributed by atoms with Crippen LogP contribution in [0, 0.1) is 6.92 Å². The number of rotatable bonds is 5. The smallest absolute Gasteiger partial charge is 0.261 e. The van der Waals surface area contributed by atoms with Crippen LogP contribution >= 0.6 is 11.3 Å². The summed E-state index contributed by atoms with van der Waals surface area (Å²) in [5.41, 5.74) is 6.87. The number of aryl methyl sites for hydroxylation is 1. The van der Waals surface area contributed by atoms with Crippen molar-refractivity contribution < 1.29 is 4.79 Å². The zero-order valence-electron chi connectivity index (χ0n) is 10.2. The Labute approximate surface area is 101 Å². The van der Waals surface area contributed by atoms with Gasteiger partial charge in [-0.25, -0.2) is 0 Å². The molecule has 0 aliphatic heterocycles. The van der Waals surface area contributed by atoms with E-state index in [1.54, 1.807) is 0 Å². The molecule has 0 bridgehead atoms. The molecule has 1 heterocycles. The van der Waals surface area contributed by atoms with Gasteiger partial charge in [0.1, 0.15) is 0 Å². The SMILES string of the molecule is CCC(N)(CC)CNC(=O)c1sccc1C. The molecule has 0 saturated heterocycles. The molecule has 1 rings (SSSR count). The Morgan fingerprint density at radius 3 is 2.56 bits per heavy atom. The lowest BCUT2D eigenvalue weighted by Crippen LogP contribution is -2.49. The first-order chi connectivity index (χ1) is 7.52. The molecule has 1 amide bonds. The quantitative estimate of drug-likeness (QED) is 0.829. The molecule has 0 atom stereocenters. The fourth-order valence-electron chi connectivity index (χ4n) is 1.44. The summed E-state index contributed by atoms with van der Waals surface area (Å²) in [6.45, 7) is 6.58. The number of nitrogens with one attached hydrogen (secondary N) is 1. The first kappa shape index (κ1) is 13.2. The van der Waals surface area contributed by atoms with Crippen LogP contribution < -0.4 is 11.1 Å². The van der Waals surface area contributed by atoms with Gasteiger partial charge in [-0.3, -0.25) is 4.79 Å². The summed E-state index contributed by atoms with van der Waals surface area (Å²) in [7, 11) is 0. The van der Waals surface area contributed by atoms with Crippen molar-refractivity contribution in [2.75, 3.05) is 6.54 Å². The average molecular weight is 240 g/mol. The molecule has 0 fully saturated rings. The fraction of sp³-hybridized carbons (Fsp3) is 0.583. The van der Waals surface area contributed by atoms with Gasteiger partial charge >= 0.3 is 0 Å². The molecule has 0 spiro atoms. The number of nitrogens with two attached hydrogens (primary N) is 1. The van der Waals surface area contributed by atoms with Crippen LogP contribution in [0.3, 0.4) is 0 Å². The van der Waals surface area contributed by atoms with Crippen LogP contribution in [0.4, 0.5) is 0 Å². The van der Waals surface area contributed by atoms with E-state index >= 15 is 0 Å². The van der Waals surface area contributed by atoms with Crippen molar-refractivity contribution in [1.29, 1.82) is 0 Å². The van der Waals surface area contributed by atoms with Crippen molar-refractivity contribution in [3.8, 4) is 0 Å². The van der Waals surface area contributed by atoms with Crippen LogP contribution in [-0.4, -0.2) is 18.0 Å². The molecule has 3 nitrogen and oxygen atoms in total. The number of hydrogen-bond acceptors (Lipinski definition) is 3. The van der Waals surface area contributed by atoms with E-state index in [1.807, 2.05) is 32.2 Å². The molecule has 1 aromatic rings. The van der Waals surface area contributed by atoms with Crippen LogP contribution in [0.25, 0.3) is 0 Å². The maximum Gasteiger partial charge on any atom is 0.261 e. The Balaban J connectivity index is 2.57. The van der Waals surface area contributed by atoms with E-state index in [0.29, 0.717) is 6.54 Å². The minimum Gasteiger partial charge on any atom is -0.349 e. The zero-order valence-corrected chi connectivity index (χ0v) is 11.0. The Morgan fingerprint density at radius 1 is 1.50 bits per heavy atom. The zero-order chi connectivity index (χ0) is 12.2. The second-order valence-corrected chi connectivity index (χ2v) is 5.10. The standard InChI is InChI=1S/C12H20N2OS/c1-4-12(13,5-2)8-14-11(15)10-9(3)6-7-16-10/h6-7H,4-5,8,13H2,1-3H3,(H,14,15). The van der Waals surface area contributed by atoms with Crippen molar-refractivity contribution in [3.63, 3.8) is 0 Å². The second-order valence-electron chi connectivity index (χ2n) is 4.18. The molecule has 90 valence electrons. The summed E-state index contributed by atoms with van der Waals surface area (Å²) in [5.74, 6) is -0.00998. The molecule has 0 radical (unpaired) electrons. The Bertz CT molecular complexity index is 356. The summed E-state index contributed by atoms with van der Waals surface area (Å²) in [5, 5.41) is 4.84. The van der Waals surface area contributed by atoms with E-state index in [4.69, 9.17) is 5.73 Å². The van der Waals surface area contributed by atoms with Crippen LogP contribution in [0.15, 0.2) is 11.4 Å². The number of hydrogen-bond donors (Lipinski definition) is 2. The van der Waals surface area contributed by atoms with Crippen molar-refractivity contribution in [2.45, 2.75) is 39.2 Å². The predicted molar refractivity (Wildman–Crippen MR) is 68.9 cm³/mol. The fourth-order valence-corrected chi connectivity index (χ4v) is 2.28. The lowest BCUT2D eigenvalue weighted by Gasteiger charge is -2.26. The molecule has 1 aromatic heterocycles. The lowest BCUT2D eigenvalue weighted by molar-refractivity contribution is 0.0945. The number of carbonyl (C=O) groups excluding carboxylic acids is 1. The van der Waals surface area contributed by atoms with Gasteiger partial charge in [0, 0.05) is 12.1 Å². The van der Waals surface area contributed by atoms with Gasteiger partial charge in [0.2, 0.25) is 0 Å². The van der Waals surface area contributed by atoms with Gasteiger partial charge in [-0.15, -0.1) is 11.3 Å². The minimum atomic E-state index is -0.277. The minimum absolute atomic E-state index is 0.00998. The third-order valence-electron chi connectivity index (χ3n) is 3.08. The summed E-state index contributed by atoms with van der Waals surface area (Å²) in [6.07, 6.45) is 1.74. The molecule has 4 heteroatoms. The van der Waals surface area contributed by atoms with Crippen molar-refractivity contribution in [3.05, 3.63) is 21.9 Å². The van der Waals surface area contributed by atoms with Gasteiger partial charge < -0.3 is 11.1 Å². The van der Waals surface area contributed by atoms with E-state index < -0.39 is 0 Å². The van der Waals surface area contributed by atoms with E-state index in [9.17, 15) is 4.79 Å². The van der Waals surface area contributed by atoms with Crippen molar-refractivity contribution in [1.82, 2.24) is 5.32 Å². The first-order valence-electron chi connectivity index (χ1n) is 5.63. The predicted octanol–water partition coefficient (Wildman–Crippen LogP) is 2.30. The van der Waals surface area contributed by atoms with Crippen LogP contribution in [0.1, 0.15) is 41.9 Å². The van der Waals surface area contributed by atoms with Crippen LogP contribution in [0.2, 0.25) is 0 Å². The monoisotopic (exact) mass is 240 g/mol. The highest BCUT2D eigenvalue weighted by Gasteiger charge is 2.21. The van der Waals surface area contributed by atoms with Crippen molar-refractivity contribution >= 4 is 17.2 Å². The molecule has 16 heavy (non-hydrogen) atoms. The topological polar surface area (TPSA) is 55.1 Å². The summed E-state index contributed by atoms with van der Waals surface area (Å²) in [6, 6.07) is 1.95. The largest absolute Gasteiger partial charge is 0.349 e. The third-order valence-corrected chi connectivity index (χ3v) is 4.09. The second kappa shape index (κ2) is 5.46. The van der Waals surface area contributed by atoms with Gasteiger partial charge in [-0.05, 0) is 36.8 Å². The number of thiophene rings is 1. The highest BCUT2D eigenvalue weighted by Crippen LogP contribution is 2.16. The van der Waals surface area contributed by atoms with Gasteiger partial charge in [0.05, 0.1) is 4.88 Å². The van der Waals surface area contributed by atoms with Gasteiger partial charge in [0.15, 0.2) is 0 Å². The summed E-state index contributed by atoms with van der Waals surface area (Å²) >= 11 is 1.47. The van der Waals surface area contributed by atoms with E-state index in [0.717, 1.165) is 23.3 Å². The molecule has 0 aliphatic carbocycles. The molecule has 3 N–H and O–H groups in total. The third kappa shape index (κ3) is 3.06. The molecular formula is C12H20N2OS. The molecule has 0 unspecified atom stereocenters. The first-order valence-corrected chi connectivity index (χ1v) is 6.51. The highest BCUT2D eigenvalue weighted by molar-refractivity contribution is 7.12. The Kier molecular flexibility index (Phi) is 4.50. The summed E-state index contributed by atoms with van der Waals surface area (Å²) < 4.78 is 0. The van der Waals surface area contributed by atoms with Gasteiger partial charge in [-0.1, -0.05) is 13.8 Å². The molecule has 0 aliphatic rings. The van der Waals surface area contributed by atoms with E-state index in [1.165, 1.54) is 11.3 Å². The van der Waals surface area contributed by atoms with E-state index in [2.05, 4.69) is 5.32 Å². The Hall–Kier alpha value is -0.870. The molecular weight excluding hydrogens is 220 g/mol. The maximum absolute atomic E-state index is 11.8. The summed E-state index contributed by atoms with van der Waals surface area (Å²) in [4.78, 5) is 12.6. The number of carbonyl (C=O) groups is 1. The van der Waals surface area contributed by atoms with Gasteiger partial charge in [0.25, 0.3) is 5.91 Å². The van der Waals surface area contributed by atoms with Crippen LogP contribution in [-0.2, 0) is 0 Å². The highest BCUT2D eigenvalue weighted by atomic mass is 32.1. The molecule has 0 saturated carbocycles. The van der Waals surface area contributed by atoms with Gasteiger partial charge in [-0.2, -0.15) is 0 Å².